The lowest BCUT2D eigenvalue weighted by molar-refractivity contribution is -0.115. The lowest BCUT2D eigenvalue weighted by atomic mass is 9.96. The van der Waals surface area contributed by atoms with Crippen LogP contribution in [-0.4, -0.2) is 13.0 Å². The zero-order chi connectivity index (χ0) is 14.1. The summed E-state index contributed by atoms with van der Waals surface area (Å²) in [6.45, 7) is 0. The minimum Gasteiger partial charge on any atom is -0.325 e. The van der Waals surface area contributed by atoms with Crippen LogP contribution < -0.4 is 10.6 Å². The number of rotatable bonds is 3. The molecule has 1 aliphatic rings. The second-order valence-corrected chi connectivity index (χ2v) is 5.30. The van der Waals surface area contributed by atoms with Crippen LogP contribution in [0.15, 0.2) is 42.5 Å². The van der Waals surface area contributed by atoms with Gasteiger partial charge in [-0.25, -0.2) is 0 Å². The van der Waals surface area contributed by atoms with Gasteiger partial charge in [0.15, 0.2) is 0 Å². The summed E-state index contributed by atoms with van der Waals surface area (Å²) in [6, 6.07) is 14.0. The minimum atomic E-state index is 0.0182. The highest BCUT2D eigenvalue weighted by molar-refractivity contribution is 6.32. The van der Waals surface area contributed by atoms with Crippen molar-refractivity contribution in [3.8, 4) is 0 Å². The Morgan fingerprint density at radius 2 is 2.00 bits per heavy atom. The molecule has 3 nitrogen and oxygen atoms in total. The summed E-state index contributed by atoms with van der Waals surface area (Å²) < 4.78 is 0. The van der Waals surface area contributed by atoms with Crippen molar-refractivity contribution in [2.24, 2.45) is 0 Å². The molecule has 1 aliphatic heterocycles. The number of amides is 1. The van der Waals surface area contributed by atoms with Crippen LogP contribution in [0.25, 0.3) is 0 Å². The number of benzene rings is 2. The molecular weight excluding hydrogens is 272 g/mol. The van der Waals surface area contributed by atoms with Crippen LogP contribution in [0, 0.1) is 0 Å². The zero-order valence-electron chi connectivity index (χ0n) is 11.1. The van der Waals surface area contributed by atoms with Gasteiger partial charge in [0.05, 0.1) is 12.5 Å². The molecule has 4 heteroatoms. The average Bonchev–Trinajstić information content (AvgIpc) is 2.80. The molecule has 2 aromatic rings. The average molecular weight is 287 g/mol. The summed E-state index contributed by atoms with van der Waals surface area (Å²) in [7, 11) is 1.91. The van der Waals surface area contributed by atoms with Crippen molar-refractivity contribution >= 4 is 23.2 Å². The maximum atomic E-state index is 11.5. The molecule has 0 aliphatic carbocycles. The van der Waals surface area contributed by atoms with E-state index < -0.39 is 0 Å². The fraction of sp³-hybridized carbons (Fsp3) is 0.188. The fourth-order valence-corrected chi connectivity index (χ4v) is 2.91. The molecule has 3 rings (SSSR count). The molecule has 0 spiro atoms. The Labute approximate surface area is 123 Å². The predicted octanol–water partition coefficient (Wildman–Crippen LogP) is 3.14. The molecule has 2 N–H and O–H groups in total. The highest BCUT2D eigenvalue weighted by Crippen LogP contribution is 2.35. The lowest BCUT2D eigenvalue weighted by Gasteiger charge is -2.19. The molecule has 0 saturated carbocycles. The third kappa shape index (κ3) is 2.30. The summed E-state index contributed by atoms with van der Waals surface area (Å²) in [5.41, 5.74) is 3.97. The molecule has 102 valence electrons. The lowest BCUT2D eigenvalue weighted by Crippen LogP contribution is -2.18. The third-order valence-corrected chi connectivity index (χ3v) is 3.91. The van der Waals surface area contributed by atoms with E-state index >= 15 is 0 Å². The fourth-order valence-electron chi connectivity index (χ4n) is 2.64. The molecule has 2 aromatic carbocycles. The number of carbonyl (C=O) groups is 1. The SMILES string of the molecule is CNC(c1ccccc1)c1cc2c(cc1Cl)NC(=O)C2. The van der Waals surface area contributed by atoms with E-state index in [4.69, 9.17) is 11.6 Å². The molecule has 0 saturated heterocycles. The number of carbonyl (C=O) groups excluding carboxylic acids is 1. The Hall–Kier alpha value is -1.84. The van der Waals surface area contributed by atoms with Crippen LogP contribution in [0.2, 0.25) is 5.02 Å². The summed E-state index contributed by atoms with van der Waals surface area (Å²) in [6.07, 6.45) is 0.421. The van der Waals surface area contributed by atoms with Gasteiger partial charge in [-0.1, -0.05) is 41.9 Å². The van der Waals surface area contributed by atoms with E-state index in [1.54, 1.807) is 0 Å². The Bertz CT molecular complexity index is 655. The predicted molar refractivity (Wildman–Crippen MR) is 81.1 cm³/mol. The van der Waals surface area contributed by atoms with Crippen LogP contribution in [0.4, 0.5) is 5.69 Å². The maximum Gasteiger partial charge on any atom is 0.228 e. The Kier molecular flexibility index (Phi) is 3.47. The van der Waals surface area contributed by atoms with Crippen molar-refractivity contribution in [1.29, 1.82) is 0 Å². The van der Waals surface area contributed by atoms with Crippen LogP contribution in [0.3, 0.4) is 0 Å². The molecule has 0 bridgehead atoms. The zero-order valence-corrected chi connectivity index (χ0v) is 11.9. The van der Waals surface area contributed by atoms with Gasteiger partial charge in [-0.3, -0.25) is 4.79 Å². The molecular formula is C16H15ClN2O. The second-order valence-electron chi connectivity index (χ2n) is 4.89. The first-order chi connectivity index (χ1) is 9.69. The normalized spacial score (nSPS) is 14.8. The van der Waals surface area contributed by atoms with E-state index in [1.807, 2.05) is 37.4 Å². The quantitative estimate of drug-likeness (QED) is 0.910. The first-order valence-corrected chi connectivity index (χ1v) is 6.91. The Morgan fingerprint density at radius 1 is 1.25 bits per heavy atom. The minimum absolute atomic E-state index is 0.0182. The van der Waals surface area contributed by atoms with Gasteiger partial charge in [0.2, 0.25) is 5.91 Å². The van der Waals surface area contributed by atoms with Gasteiger partial charge in [-0.05, 0) is 35.9 Å². The van der Waals surface area contributed by atoms with Gasteiger partial charge >= 0.3 is 0 Å². The number of nitrogens with one attached hydrogen (secondary N) is 2. The standard InChI is InChI=1S/C16H15ClN2O/c1-18-16(10-5-3-2-4-6-10)12-7-11-8-15(20)19-14(11)9-13(12)17/h2-7,9,16,18H,8H2,1H3,(H,19,20). The van der Waals surface area contributed by atoms with Gasteiger partial charge in [0.1, 0.15) is 0 Å². The Morgan fingerprint density at radius 3 is 2.70 bits per heavy atom. The van der Waals surface area contributed by atoms with Crippen LogP contribution in [-0.2, 0) is 11.2 Å². The molecule has 1 atom stereocenters. The van der Waals surface area contributed by atoms with E-state index in [9.17, 15) is 4.79 Å². The van der Waals surface area contributed by atoms with Gasteiger partial charge in [-0.15, -0.1) is 0 Å². The van der Waals surface area contributed by atoms with Crippen molar-refractivity contribution in [3.63, 3.8) is 0 Å². The number of fused-ring (bicyclic) bond motifs is 1. The molecule has 1 amide bonds. The molecule has 0 fully saturated rings. The van der Waals surface area contributed by atoms with Crippen molar-refractivity contribution in [2.75, 3.05) is 12.4 Å². The first-order valence-electron chi connectivity index (χ1n) is 6.53. The first kappa shape index (κ1) is 13.2. The van der Waals surface area contributed by atoms with Crippen LogP contribution >= 0.6 is 11.6 Å². The van der Waals surface area contributed by atoms with Crippen molar-refractivity contribution in [2.45, 2.75) is 12.5 Å². The highest BCUT2D eigenvalue weighted by atomic mass is 35.5. The number of hydrogen-bond donors (Lipinski definition) is 2. The third-order valence-electron chi connectivity index (χ3n) is 3.58. The largest absolute Gasteiger partial charge is 0.325 e. The van der Waals surface area contributed by atoms with Gasteiger partial charge in [0, 0.05) is 10.7 Å². The van der Waals surface area contributed by atoms with Gasteiger partial charge < -0.3 is 10.6 Å². The second kappa shape index (κ2) is 5.27. The van der Waals surface area contributed by atoms with Crippen LogP contribution in [0.5, 0.6) is 0 Å². The number of anilines is 1. The summed E-state index contributed by atoms with van der Waals surface area (Å²) in [5, 5.41) is 6.77. The van der Waals surface area contributed by atoms with E-state index in [1.165, 1.54) is 0 Å². The smallest absolute Gasteiger partial charge is 0.228 e. The molecule has 0 radical (unpaired) electrons. The van der Waals surface area contributed by atoms with E-state index in [0.29, 0.717) is 11.4 Å². The Balaban J connectivity index is 2.05. The molecule has 1 unspecified atom stereocenters. The van der Waals surface area contributed by atoms with Gasteiger partial charge in [-0.2, -0.15) is 0 Å². The topological polar surface area (TPSA) is 41.1 Å². The monoisotopic (exact) mass is 286 g/mol. The van der Waals surface area contributed by atoms with Gasteiger partial charge in [0.25, 0.3) is 0 Å². The number of halogens is 1. The highest BCUT2D eigenvalue weighted by Gasteiger charge is 2.22. The summed E-state index contributed by atoms with van der Waals surface area (Å²) in [4.78, 5) is 11.5. The van der Waals surface area contributed by atoms with E-state index in [2.05, 4.69) is 22.8 Å². The number of hydrogen-bond acceptors (Lipinski definition) is 2. The van der Waals surface area contributed by atoms with Crippen LogP contribution in [0.1, 0.15) is 22.7 Å². The van der Waals surface area contributed by atoms with E-state index in [-0.39, 0.29) is 11.9 Å². The van der Waals surface area contributed by atoms with Crippen molar-refractivity contribution < 1.29 is 4.79 Å². The molecule has 1 heterocycles. The maximum absolute atomic E-state index is 11.5. The summed E-state index contributed by atoms with van der Waals surface area (Å²) >= 11 is 6.39. The van der Waals surface area contributed by atoms with E-state index in [0.717, 1.165) is 22.4 Å². The molecule has 0 aromatic heterocycles. The van der Waals surface area contributed by atoms with Crippen molar-refractivity contribution in [3.05, 3.63) is 64.2 Å². The van der Waals surface area contributed by atoms with Crippen molar-refractivity contribution in [1.82, 2.24) is 5.32 Å². The summed E-state index contributed by atoms with van der Waals surface area (Å²) in [5.74, 6) is 0.0222. The molecule has 20 heavy (non-hydrogen) atoms.